The predicted octanol–water partition coefficient (Wildman–Crippen LogP) is 3.41. The molecule has 0 bridgehead atoms. The van der Waals surface area contributed by atoms with Crippen molar-refractivity contribution < 1.29 is 13.2 Å². The number of primary sulfonamides is 1. The van der Waals surface area contributed by atoms with E-state index in [2.05, 4.69) is 24.4 Å². The van der Waals surface area contributed by atoms with Gasteiger partial charge in [-0.2, -0.15) is 0 Å². The highest BCUT2D eigenvalue weighted by atomic mass is 32.2. The van der Waals surface area contributed by atoms with Crippen LogP contribution in [0.25, 0.3) is 0 Å². The van der Waals surface area contributed by atoms with E-state index in [1.807, 2.05) is 29.6 Å². The highest BCUT2D eigenvalue weighted by molar-refractivity contribution is 7.89. The van der Waals surface area contributed by atoms with Crippen LogP contribution < -0.4 is 10.5 Å². The number of thiophene rings is 1. The van der Waals surface area contributed by atoms with Crippen LogP contribution in [-0.4, -0.2) is 14.3 Å². The van der Waals surface area contributed by atoms with Crippen molar-refractivity contribution in [2.45, 2.75) is 30.7 Å². The number of aryl methyl sites for hydroxylation is 1. The Labute approximate surface area is 169 Å². The van der Waals surface area contributed by atoms with Gasteiger partial charge in [0.1, 0.15) is 0 Å². The van der Waals surface area contributed by atoms with E-state index in [0.29, 0.717) is 0 Å². The van der Waals surface area contributed by atoms with Gasteiger partial charge in [-0.25, -0.2) is 13.6 Å². The fourth-order valence-corrected chi connectivity index (χ4v) is 4.23. The predicted molar refractivity (Wildman–Crippen MR) is 112 cm³/mol. The zero-order valence-electron chi connectivity index (χ0n) is 15.5. The third-order valence-electron chi connectivity index (χ3n) is 4.47. The van der Waals surface area contributed by atoms with Gasteiger partial charge in [-0.1, -0.05) is 49.4 Å². The van der Waals surface area contributed by atoms with Crippen LogP contribution in [0.3, 0.4) is 0 Å². The Kier molecular flexibility index (Phi) is 6.28. The van der Waals surface area contributed by atoms with E-state index in [1.54, 1.807) is 23.5 Å². The number of hydrogen-bond donors (Lipinski definition) is 2. The van der Waals surface area contributed by atoms with Crippen molar-refractivity contribution in [2.75, 3.05) is 0 Å². The van der Waals surface area contributed by atoms with Crippen LogP contribution in [-0.2, 0) is 27.7 Å². The molecule has 0 saturated carbocycles. The average molecular weight is 415 g/mol. The molecule has 1 amide bonds. The normalized spacial score (nSPS) is 12.5. The lowest BCUT2D eigenvalue weighted by atomic mass is 10.0. The molecular weight excluding hydrogens is 392 g/mol. The molecule has 0 spiro atoms. The monoisotopic (exact) mass is 414 g/mol. The SMILES string of the molecule is CCc1ccc(C(NC(=O)Cc2ccc(S(N)(=O)=O)cc2)c2cccs2)cc1. The fraction of sp³-hybridized carbons (Fsp3) is 0.190. The number of hydrogen-bond acceptors (Lipinski definition) is 4. The van der Waals surface area contributed by atoms with E-state index in [9.17, 15) is 13.2 Å². The van der Waals surface area contributed by atoms with Crippen LogP contribution in [0.15, 0.2) is 70.9 Å². The molecule has 0 radical (unpaired) electrons. The van der Waals surface area contributed by atoms with Gasteiger partial charge in [0.25, 0.3) is 0 Å². The molecule has 3 rings (SSSR count). The molecule has 0 aliphatic heterocycles. The van der Waals surface area contributed by atoms with Crippen LogP contribution in [0.5, 0.6) is 0 Å². The summed E-state index contributed by atoms with van der Waals surface area (Å²) in [5.41, 5.74) is 2.99. The van der Waals surface area contributed by atoms with E-state index in [0.717, 1.165) is 22.4 Å². The maximum Gasteiger partial charge on any atom is 0.238 e. The smallest absolute Gasteiger partial charge is 0.238 e. The van der Waals surface area contributed by atoms with Gasteiger partial charge in [0.2, 0.25) is 15.9 Å². The van der Waals surface area contributed by atoms with Crippen molar-refractivity contribution in [1.29, 1.82) is 0 Å². The van der Waals surface area contributed by atoms with Crippen molar-refractivity contribution in [3.8, 4) is 0 Å². The zero-order chi connectivity index (χ0) is 20.1. The first kappa shape index (κ1) is 20.3. The minimum Gasteiger partial charge on any atom is -0.344 e. The Morgan fingerprint density at radius 1 is 1.04 bits per heavy atom. The molecule has 0 saturated heterocycles. The average Bonchev–Trinajstić information content (AvgIpc) is 3.20. The van der Waals surface area contributed by atoms with Crippen LogP contribution in [0.1, 0.15) is 34.5 Å². The van der Waals surface area contributed by atoms with Gasteiger partial charge in [0.05, 0.1) is 17.4 Å². The number of benzene rings is 2. The van der Waals surface area contributed by atoms with E-state index >= 15 is 0 Å². The van der Waals surface area contributed by atoms with Crippen molar-refractivity contribution >= 4 is 27.3 Å². The topological polar surface area (TPSA) is 89.3 Å². The fourth-order valence-electron chi connectivity index (χ4n) is 2.91. The van der Waals surface area contributed by atoms with E-state index in [1.165, 1.54) is 17.7 Å². The second-order valence-corrected chi connectivity index (χ2v) is 9.02. The highest BCUT2D eigenvalue weighted by Gasteiger charge is 2.18. The van der Waals surface area contributed by atoms with Gasteiger partial charge in [-0.3, -0.25) is 4.79 Å². The Hall–Kier alpha value is -2.48. The Bertz CT molecular complexity index is 1030. The lowest BCUT2D eigenvalue weighted by Crippen LogP contribution is -2.30. The first-order chi connectivity index (χ1) is 13.4. The summed E-state index contributed by atoms with van der Waals surface area (Å²) < 4.78 is 22.7. The minimum absolute atomic E-state index is 0.0316. The van der Waals surface area contributed by atoms with Crippen molar-refractivity contribution in [3.05, 3.63) is 87.6 Å². The molecule has 1 atom stereocenters. The second kappa shape index (κ2) is 8.68. The number of nitrogens with one attached hydrogen (secondary N) is 1. The Balaban J connectivity index is 1.76. The largest absolute Gasteiger partial charge is 0.344 e. The summed E-state index contributed by atoms with van der Waals surface area (Å²) in [6, 6.07) is 18.0. The number of sulfonamides is 1. The molecular formula is C21H22N2O3S2. The van der Waals surface area contributed by atoms with Crippen LogP contribution in [0.2, 0.25) is 0 Å². The highest BCUT2D eigenvalue weighted by Crippen LogP contribution is 2.26. The summed E-state index contributed by atoms with van der Waals surface area (Å²) in [5, 5.41) is 10.2. The van der Waals surface area contributed by atoms with Gasteiger partial charge < -0.3 is 5.32 Å². The maximum atomic E-state index is 12.6. The number of amides is 1. The molecule has 5 nitrogen and oxygen atoms in total. The molecule has 2 aromatic carbocycles. The lowest BCUT2D eigenvalue weighted by Gasteiger charge is -2.18. The summed E-state index contributed by atoms with van der Waals surface area (Å²) >= 11 is 1.59. The van der Waals surface area contributed by atoms with Gasteiger partial charge in [0.15, 0.2) is 0 Å². The molecule has 7 heteroatoms. The first-order valence-electron chi connectivity index (χ1n) is 8.90. The molecule has 0 fully saturated rings. The van der Waals surface area contributed by atoms with Crippen molar-refractivity contribution in [3.63, 3.8) is 0 Å². The molecule has 1 aromatic heterocycles. The number of carbonyl (C=O) groups is 1. The molecule has 1 unspecified atom stereocenters. The van der Waals surface area contributed by atoms with Crippen molar-refractivity contribution in [2.24, 2.45) is 5.14 Å². The quantitative estimate of drug-likeness (QED) is 0.621. The first-order valence-corrected chi connectivity index (χ1v) is 11.3. The Morgan fingerprint density at radius 2 is 1.68 bits per heavy atom. The van der Waals surface area contributed by atoms with Crippen LogP contribution in [0, 0.1) is 0 Å². The van der Waals surface area contributed by atoms with Crippen LogP contribution in [0.4, 0.5) is 0 Å². The summed E-state index contributed by atoms with van der Waals surface area (Å²) in [5.74, 6) is -0.138. The zero-order valence-corrected chi connectivity index (χ0v) is 17.1. The lowest BCUT2D eigenvalue weighted by molar-refractivity contribution is -0.120. The maximum absolute atomic E-state index is 12.6. The summed E-state index contributed by atoms with van der Waals surface area (Å²) in [6.45, 7) is 2.11. The molecule has 0 aliphatic carbocycles. The van der Waals surface area contributed by atoms with Crippen molar-refractivity contribution in [1.82, 2.24) is 5.32 Å². The van der Waals surface area contributed by atoms with E-state index in [4.69, 9.17) is 5.14 Å². The minimum atomic E-state index is -3.74. The molecule has 3 N–H and O–H groups in total. The summed E-state index contributed by atoms with van der Waals surface area (Å²) in [7, 11) is -3.74. The van der Waals surface area contributed by atoms with Gasteiger partial charge >= 0.3 is 0 Å². The Morgan fingerprint density at radius 3 is 2.21 bits per heavy atom. The standard InChI is InChI=1S/C21H22N2O3S2/c1-2-15-5-9-17(10-6-15)21(19-4-3-13-27-19)23-20(24)14-16-7-11-18(12-8-16)28(22,25)26/h3-13,21H,2,14H2,1H3,(H,23,24)(H2,22,25,26). The van der Waals surface area contributed by atoms with Gasteiger partial charge in [-0.15, -0.1) is 11.3 Å². The molecule has 3 aromatic rings. The number of nitrogens with two attached hydrogens (primary N) is 1. The van der Waals surface area contributed by atoms with E-state index in [-0.39, 0.29) is 23.3 Å². The van der Waals surface area contributed by atoms with E-state index < -0.39 is 10.0 Å². The third kappa shape index (κ3) is 5.07. The number of rotatable bonds is 7. The van der Waals surface area contributed by atoms with Gasteiger partial charge in [-0.05, 0) is 46.7 Å². The molecule has 146 valence electrons. The van der Waals surface area contributed by atoms with Crippen LogP contribution >= 0.6 is 11.3 Å². The summed E-state index contributed by atoms with van der Waals surface area (Å²) in [4.78, 5) is 13.7. The van der Waals surface area contributed by atoms with Gasteiger partial charge in [0, 0.05) is 4.88 Å². The molecule has 1 heterocycles. The molecule has 28 heavy (non-hydrogen) atoms. The second-order valence-electron chi connectivity index (χ2n) is 6.48. The third-order valence-corrected chi connectivity index (χ3v) is 6.34. The number of carbonyl (C=O) groups excluding carboxylic acids is 1. The summed E-state index contributed by atoms with van der Waals surface area (Å²) in [6.07, 6.45) is 1.12. The molecule has 0 aliphatic rings.